The Morgan fingerprint density at radius 3 is 0.979 bits per heavy atom. The summed E-state index contributed by atoms with van der Waals surface area (Å²) in [4.78, 5) is 4.36. The van der Waals surface area contributed by atoms with Gasteiger partial charge in [0.15, 0.2) is 24.4 Å². The first kappa shape index (κ1) is 82.2. The summed E-state index contributed by atoms with van der Waals surface area (Å²) in [5.41, 5.74) is -4.96. The molecule has 1 saturated heterocycles. The number of nitrogens with zero attached hydrogens (tertiary/aromatic N) is 2. The molecule has 4 aromatic rings. The Morgan fingerprint density at radius 2 is 0.701 bits per heavy atom. The Bertz CT molecular complexity index is 3300. The Hall–Kier alpha value is -3.80. The first-order chi connectivity index (χ1) is 44.0. The molecule has 4 unspecified atom stereocenters. The van der Waals surface area contributed by atoms with Crippen molar-refractivity contribution in [3.8, 4) is 0 Å². The zero-order valence-corrected chi connectivity index (χ0v) is 55.5. The van der Waals surface area contributed by atoms with Crippen molar-refractivity contribution in [3.63, 3.8) is 0 Å². The van der Waals surface area contributed by atoms with Gasteiger partial charge in [-0.25, -0.2) is 0 Å². The first-order valence-electron chi connectivity index (χ1n) is 29.9. The second-order valence-corrected chi connectivity index (χ2v) is 29.2. The van der Waals surface area contributed by atoms with Crippen LogP contribution in [-0.4, -0.2) is 125 Å². The van der Waals surface area contributed by atoms with Gasteiger partial charge in [-0.05, 0) is 123 Å². The third-order valence-electron chi connectivity index (χ3n) is 17.3. The fourth-order valence-corrected chi connectivity index (χ4v) is 16.6. The monoisotopic (exact) mass is 1550 g/mol. The van der Waals surface area contributed by atoms with Gasteiger partial charge in [0, 0.05) is 74.2 Å². The molecular weight excluding hydrogens is 1480 g/mol. The van der Waals surface area contributed by atoms with Crippen LogP contribution in [0.15, 0.2) is 42.6 Å². The van der Waals surface area contributed by atoms with E-state index in [-0.39, 0.29) is 62.0 Å². The molecule has 97 heavy (non-hydrogen) atoms. The van der Waals surface area contributed by atoms with Gasteiger partial charge in [0.25, 0.3) is 0 Å². The minimum absolute atomic E-state index is 0. The number of rotatable bonds is 12. The third-order valence-corrected chi connectivity index (χ3v) is 22.0. The van der Waals surface area contributed by atoms with Crippen LogP contribution >= 0.6 is 45.3 Å². The van der Waals surface area contributed by atoms with Crippen LogP contribution in [0.4, 0.5) is 105 Å². The molecule has 3 fully saturated rings. The average molecular weight is 1550 g/mol. The van der Waals surface area contributed by atoms with Crippen molar-refractivity contribution in [2.24, 2.45) is 0 Å². The van der Waals surface area contributed by atoms with Crippen LogP contribution in [0.5, 0.6) is 0 Å². The van der Waals surface area contributed by atoms with Gasteiger partial charge in [0.2, 0.25) is 0 Å². The standard InChI is InChI=1S/C26H28F6NS2.C26H24F6NS2.2C5H6F6O2.Cu/c2*1-14-18(12-20(34-14)16-6-4-3-5-7-16)22-23(25(29,30)26(31,32)24(22,27)28)19-13-21(35-15(19)2)17-8-10-33-11-9-17;2*6-4(7,8)2(12)1-3(13)5(9,10)11;/h12-13,16-17H,3-11H2,1-2H3;8-10,12-13,16H,3-7,11H2,1-2H3;2*2-3,12-13H,1H2;/q2*-1;;;+2. The minimum Gasteiger partial charge on any atom is -0.687 e. The average Bonchev–Trinajstić information content (AvgIpc) is 1.54. The fourth-order valence-electron chi connectivity index (χ4n) is 12.0. The van der Waals surface area contributed by atoms with E-state index in [1.807, 2.05) is 0 Å². The number of hydrogen-bond donors (Lipinski definition) is 4. The molecule has 4 aromatic heterocycles. The number of thiophene rings is 4. The van der Waals surface area contributed by atoms with Gasteiger partial charge >= 0.3 is 77.3 Å². The maximum atomic E-state index is 15.3. The second-order valence-electron chi connectivity index (χ2n) is 24.0. The molecule has 0 amide bonds. The van der Waals surface area contributed by atoms with E-state index in [1.165, 1.54) is 65.2 Å². The SMILES string of the molecule is Cc1sc(C2=CC[N-]C=C2)cc1C1=C(c2cc(C3CCCCC3)sc2C)C(F)(F)C(F)(F)C1(F)F.Cc1sc(C2CCCCC2)cc1C1=C(c2cc(C3CC[N-]CC3)sc2C)C(F)(F)C(F)(F)C1(F)F.OC(CC(O)C(F)(F)F)C(F)(F)F.OC(CC(O)C(F)(F)F)C(F)(F)F.[Cu+2]. The van der Waals surface area contributed by atoms with Crippen LogP contribution in [0, 0.1) is 27.7 Å². The predicted octanol–water partition coefficient (Wildman–Crippen LogP) is 21.6. The minimum atomic E-state index is -5.54. The molecule has 4 atom stereocenters. The van der Waals surface area contributed by atoms with Gasteiger partial charge in [-0.3, -0.25) is 0 Å². The van der Waals surface area contributed by atoms with Crippen LogP contribution in [0.3, 0.4) is 0 Å². The number of hydrogen-bond acceptors (Lipinski definition) is 8. The number of halogens is 24. The van der Waals surface area contributed by atoms with Gasteiger partial charge in [0.1, 0.15) is 0 Å². The maximum Gasteiger partial charge on any atom is 2.00 e. The van der Waals surface area contributed by atoms with E-state index in [2.05, 4.69) is 10.6 Å². The number of piperidine rings is 1. The van der Waals surface area contributed by atoms with E-state index in [0.717, 1.165) is 103 Å². The van der Waals surface area contributed by atoms with Crippen molar-refractivity contribution in [1.29, 1.82) is 0 Å². The quantitative estimate of drug-likeness (QED) is 0.0837. The van der Waals surface area contributed by atoms with Crippen LogP contribution in [0.1, 0.15) is 169 Å². The summed E-state index contributed by atoms with van der Waals surface area (Å²) < 4.78 is 319. The van der Waals surface area contributed by atoms with Crippen LogP contribution in [0.2, 0.25) is 0 Å². The summed E-state index contributed by atoms with van der Waals surface area (Å²) in [7, 11) is 0. The maximum absolute atomic E-state index is 15.3. The molecule has 549 valence electrons. The summed E-state index contributed by atoms with van der Waals surface area (Å²) in [5.74, 6) is -30.7. The number of aliphatic hydroxyl groups excluding tert-OH is 4. The Balaban J connectivity index is 0.000000225. The van der Waals surface area contributed by atoms with E-state index in [4.69, 9.17) is 20.4 Å². The number of allylic oxidation sites excluding steroid dienone is 6. The zero-order chi connectivity index (χ0) is 72.1. The van der Waals surface area contributed by atoms with Crippen LogP contribution in [-0.2, 0) is 17.1 Å². The third kappa shape index (κ3) is 17.3. The number of aliphatic hydroxyl groups is 4. The van der Waals surface area contributed by atoms with E-state index in [1.54, 1.807) is 39.1 Å². The van der Waals surface area contributed by atoms with Crippen molar-refractivity contribution >= 4 is 73.2 Å². The molecule has 4 N–H and O–H groups in total. The molecule has 2 aliphatic heterocycles. The molecular formula is C62H64CuF24N2O4S4. The van der Waals surface area contributed by atoms with E-state index in [0.29, 0.717) is 44.7 Å². The molecule has 0 aromatic carbocycles. The fraction of sp³-hybridized carbons (Fsp3) is 0.613. The van der Waals surface area contributed by atoms with E-state index >= 15 is 35.1 Å². The summed E-state index contributed by atoms with van der Waals surface area (Å²) >= 11 is 4.89. The summed E-state index contributed by atoms with van der Waals surface area (Å²) in [5, 5.41) is 40.9. The summed E-state index contributed by atoms with van der Waals surface area (Å²) in [6, 6.07) is 5.75. The van der Waals surface area contributed by atoms with Gasteiger partial charge < -0.3 is 31.1 Å². The molecule has 6 heterocycles. The van der Waals surface area contributed by atoms with Crippen molar-refractivity contribution in [3.05, 3.63) is 115 Å². The van der Waals surface area contributed by atoms with Gasteiger partial charge in [0.05, 0.1) is 0 Å². The molecule has 0 spiro atoms. The van der Waals surface area contributed by atoms with Crippen molar-refractivity contribution in [1.82, 2.24) is 0 Å². The Kier molecular flexibility index (Phi) is 26.0. The summed E-state index contributed by atoms with van der Waals surface area (Å²) in [6.45, 7) is 7.87. The Morgan fingerprint density at radius 1 is 0.423 bits per heavy atom. The van der Waals surface area contributed by atoms with Crippen molar-refractivity contribution < 1.29 is 143 Å². The molecule has 6 aliphatic rings. The summed E-state index contributed by atoms with van der Waals surface area (Å²) in [6.07, 6.45) is -20.5. The number of alkyl halides is 24. The van der Waals surface area contributed by atoms with Crippen molar-refractivity contribution in [2.75, 3.05) is 19.6 Å². The topological polar surface area (TPSA) is 109 Å². The zero-order valence-electron chi connectivity index (χ0n) is 51.3. The number of aryl methyl sites for hydroxylation is 4. The molecule has 4 aliphatic carbocycles. The molecule has 35 heteroatoms. The second kappa shape index (κ2) is 30.6. The molecule has 10 rings (SSSR count). The van der Waals surface area contributed by atoms with Crippen LogP contribution < -0.4 is 0 Å². The Labute approximate surface area is 567 Å². The van der Waals surface area contributed by atoms with Gasteiger partial charge in [-0.2, -0.15) is 112 Å². The van der Waals surface area contributed by atoms with Crippen molar-refractivity contribution in [2.45, 2.75) is 220 Å². The first-order valence-corrected chi connectivity index (χ1v) is 33.2. The van der Waals surface area contributed by atoms with E-state index < -0.39 is 120 Å². The normalized spacial score (nSPS) is 22.4. The predicted molar refractivity (Wildman–Crippen MR) is 319 cm³/mol. The molecule has 6 nitrogen and oxygen atoms in total. The van der Waals surface area contributed by atoms with Gasteiger partial charge in [-0.1, -0.05) is 63.5 Å². The largest absolute Gasteiger partial charge is 2.00 e. The molecule has 1 radical (unpaired) electrons. The molecule has 0 bridgehead atoms. The van der Waals surface area contributed by atoms with E-state index in [9.17, 15) is 70.2 Å². The van der Waals surface area contributed by atoms with Gasteiger partial charge in [-0.15, -0.1) is 65.0 Å². The van der Waals surface area contributed by atoms with Crippen LogP contribution in [0.25, 0.3) is 38.5 Å². The smallest absolute Gasteiger partial charge is 0.687 e. The molecule has 2 saturated carbocycles.